The molecule has 0 saturated carbocycles. The van der Waals surface area contributed by atoms with Crippen molar-refractivity contribution in [1.29, 1.82) is 0 Å². The fourth-order valence-corrected chi connectivity index (χ4v) is 3.51. The maximum atomic E-state index is 11.5. The summed E-state index contributed by atoms with van der Waals surface area (Å²) in [5, 5.41) is 0. The van der Waals surface area contributed by atoms with Crippen molar-refractivity contribution in [3.8, 4) is 0 Å². The number of amides is 1. The monoisotopic (exact) mass is 293 g/mol. The maximum Gasteiger partial charge on any atom is 0.265 e. The first-order chi connectivity index (χ1) is 9.50. The lowest BCUT2D eigenvalue weighted by atomic mass is 10.1. The lowest BCUT2D eigenvalue weighted by Crippen LogP contribution is -2.30. The van der Waals surface area contributed by atoms with Crippen LogP contribution in [0.2, 0.25) is 0 Å². The molecule has 1 aromatic carbocycles. The number of hydrogen-bond donors (Lipinski definition) is 2. The quantitative estimate of drug-likeness (QED) is 0.508. The van der Waals surface area contributed by atoms with Crippen LogP contribution in [0.4, 0.5) is 0 Å². The highest BCUT2D eigenvalue weighted by Crippen LogP contribution is 2.31. The number of benzene rings is 1. The van der Waals surface area contributed by atoms with Crippen LogP contribution in [-0.2, 0) is 6.54 Å². The van der Waals surface area contributed by atoms with Crippen LogP contribution in [-0.4, -0.2) is 34.4 Å². The predicted molar refractivity (Wildman–Crippen MR) is 84.5 cm³/mol. The molecular formula is C15H23N3OS. The zero-order chi connectivity index (χ0) is 14.6. The Morgan fingerprint density at radius 2 is 2.25 bits per heavy atom. The van der Waals surface area contributed by atoms with E-state index in [1.54, 1.807) is 6.07 Å². The van der Waals surface area contributed by atoms with Crippen molar-refractivity contribution in [3.63, 3.8) is 0 Å². The molecule has 0 atom stereocenters. The first kappa shape index (κ1) is 15.4. The smallest absolute Gasteiger partial charge is 0.265 e. The summed E-state index contributed by atoms with van der Waals surface area (Å²) in [6, 6.07) is 7.69. The van der Waals surface area contributed by atoms with E-state index in [-0.39, 0.29) is 5.91 Å². The largest absolute Gasteiger partial charge is 0.298 e. The van der Waals surface area contributed by atoms with Crippen molar-refractivity contribution < 1.29 is 4.79 Å². The number of nitrogen functional groups attached to an aromatic ring is 1. The number of carbonyl (C=O) groups excluding carboxylic acids is 1. The third-order valence-corrected chi connectivity index (χ3v) is 5.03. The van der Waals surface area contributed by atoms with E-state index in [9.17, 15) is 4.79 Å². The number of hydrogen-bond acceptors (Lipinski definition) is 4. The highest BCUT2D eigenvalue weighted by molar-refractivity contribution is 8.00. The molecule has 2 rings (SSSR count). The van der Waals surface area contributed by atoms with Crippen molar-refractivity contribution in [2.75, 3.05) is 18.8 Å². The zero-order valence-electron chi connectivity index (χ0n) is 12.2. The van der Waals surface area contributed by atoms with E-state index >= 15 is 0 Å². The lowest BCUT2D eigenvalue weighted by Gasteiger charge is -2.22. The molecule has 1 aliphatic heterocycles. The van der Waals surface area contributed by atoms with Gasteiger partial charge in [0.2, 0.25) is 0 Å². The molecule has 20 heavy (non-hydrogen) atoms. The van der Waals surface area contributed by atoms with Crippen LogP contribution in [0, 0.1) is 0 Å². The number of hydrazine groups is 1. The fourth-order valence-electron chi connectivity index (χ4n) is 2.37. The van der Waals surface area contributed by atoms with Gasteiger partial charge in [0.1, 0.15) is 0 Å². The van der Waals surface area contributed by atoms with Gasteiger partial charge in [0.25, 0.3) is 5.91 Å². The first-order valence-corrected chi connectivity index (χ1v) is 7.95. The summed E-state index contributed by atoms with van der Waals surface area (Å²) < 4.78 is 0.371. The third-order valence-electron chi connectivity index (χ3n) is 3.66. The average molecular weight is 293 g/mol. The van der Waals surface area contributed by atoms with Crippen molar-refractivity contribution >= 4 is 17.7 Å². The molecule has 1 saturated heterocycles. The molecule has 5 heteroatoms. The SMILES string of the molecule is CC1(C)CCN(Cc2cccc(C(=O)NN)c2)CCS1. The standard InChI is InChI=1S/C15H23N3OS/c1-15(2)6-7-18(8-9-20-15)11-12-4-3-5-13(10-12)14(19)17-16/h3-5,10H,6-9,11,16H2,1-2H3,(H,17,19). The summed E-state index contributed by atoms with van der Waals surface area (Å²) in [5.41, 5.74) is 3.96. The Bertz CT molecular complexity index is 476. The summed E-state index contributed by atoms with van der Waals surface area (Å²) >= 11 is 2.04. The molecule has 4 nitrogen and oxygen atoms in total. The minimum absolute atomic E-state index is 0.237. The molecule has 1 aromatic rings. The second kappa shape index (κ2) is 6.61. The lowest BCUT2D eigenvalue weighted by molar-refractivity contribution is 0.0953. The molecule has 0 unspecified atom stereocenters. The molecule has 0 aromatic heterocycles. The van der Waals surface area contributed by atoms with Gasteiger partial charge < -0.3 is 0 Å². The highest BCUT2D eigenvalue weighted by Gasteiger charge is 2.23. The minimum atomic E-state index is -0.237. The van der Waals surface area contributed by atoms with E-state index in [0.717, 1.165) is 31.0 Å². The minimum Gasteiger partial charge on any atom is -0.298 e. The van der Waals surface area contributed by atoms with Gasteiger partial charge in [-0.25, -0.2) is 5.84 Å². The van der Waals surface area contributed by atoms with Crippen LogP contribution in [0.1, 0.15) is 36.2 Å². The molecule has 0 bridgehead atoms. The van der Waals surface area contributed by atoms with Gasteiger partial charge in [-0.3, -0.25) is 15.1 Å². The molecule has 1 heterocycles. The summed E-state index contributed by atoms with van der Waals surface area (Å²) in [6.07, 6.45) is 1.20. The van der Waals surface area contributed by atoms with Crippen LogP contribution in [0.3, 0.4) is 0 Å². The molecule has 1 aliphatic rings. The normalized spacial score (nSPS) is 19.4. The highest BCUT2D eigenvalue weighted by atomic mass is 32.2. The Kier molecular flexibility index (Phi) is 5.07. The summed E-state index contributed by atoms with van der Waals surface area (Å²) in [5.74, 6) is 6.10. The second-order valence-electron chi connectivity index (χ2n) is 5.81. The summed E-state index contributed by atoms with van der Waals surface area (Å²) in [7, 11) is 0. The van der Waals surface area contributed by atoms with Gasteiger partial charge in [0, 0.05) is 29.2 Å². The number of nitrogens with zero attached hydrogens (tertiary/aromatic N) is 1. The average Bonchev–Trinajstić information content (AvgIpc) is 2.60. The Morgan fingerprint density at radius 3 is 3.00 bits per heavy atom. The Hall–Kier alpha value is -1.04. The van der Waals surface area contributed by atoms with Crippen LogP contribution >= 0.6 is 11.8 Å². The van der Waals surface area contributed by atoms with Crippen molar-refractivity contribution in [2.24, 2.45) is 5.84 Å². The van der Waals surface area contributed by atoms with Gasteiger partial charge >= 0.3 is 0 Å². The Balaban J connectivity index is 2.01. The van der Waals surface area contributed by atoms with Crippen molar-refractivity contribution in [1.82, 2.24) is 10.3 Å². The first-order valence-electron chi connectivity index (χ1n) is 6.96. The topological polar surface area (TPSA) is 58.4 Å². The van der Waals surface area contributed by atoms with E-state index in [0.29, 0.717) is 10.3 Å². The van der Waals surface area contributed by atoms with E-state index in [4.69, 9.17) is 5.84 Å². The Morgan fingerprint density at radius 1 is 1.45 bits per heavy atom. The molecule has 0 aliphatic carbocycles. The second-order valence-corrected chi connectivity index (χ2v) is 7.61. The molecule has 0 radical (unpaired) electrons. The number of nitrogens with two attached hydrogens (primary N) is 1. The zero-order valence-corrected chi connectivity index (χ0v) is 13.0. The van der Waals surface area contributed by atoms with Crippen molar-refractivity contribution in [2.45, 2.75) is 31.6 Å². The number of carbonyl (C=O) groups is 1. The third kappa shape index (κ3) is 4.23. The van der Waals surface area contributed by atoms with Gasteiger partial charge in [0.15, 0.2) is 0 Å². The number of rotatable bonds is 3. The van der Waals surface area contributed by atoms with E-state index in [1.165, 1.54) is 6.42 Å². The van der Waals surface area contributed by atoms with Gasteiger partial charge in [-0.2, -0.15) is 11.8 Å². The van der Waals surface area contributed by atoms with E-state index < -0.39 is 0 Å². The van der Waals surface area contributed by atoms with Crippen LogP contribution in [0.25, 0.3) is 0 Å². The van der Waals surface area contributed by atoms with Gasteiger partial charge in [-0.05, 0) is 30.7 Å². The van der Waals surface area contributed by atoms with Crippen LogP contribution < -0.4 is 11.3 Å². The van der Waals surface area contributed by atoms with Crippen molar-refractivity contribution in [3.05, 3.63) is 35.4 Å². The molecule has 1 amide bonds. The van der Waals surface area contributed by atoms with Crippen LogP contribution in [0.5, 0.6) is 0 Å². The van der Waals surface area contributed by atoms with E-state index in [2.05, 4.69) is 30.2 Å². The van der Waals surface area contributed by atoms with Crippen LogP contribution in [0.15, 0.2) is 24.3 Å². The molecule has 3 N–H and O–H groups in total. The molecule has 1 fully saturated rings. The number of thioether (sulfide) groups is 1. The van der Waals surface area contributed by atoms with Gasteiger partial charge in [0.05, 0.1) is 0 Å². The maximum absolute atomic E-state index is 11.5. The fraction of sp³-hybridized carbons (Fsp3) is 0.533. The van der Waals surface area contributed by atoms with E-state index in [1.807, 2.05) is 23.9 Å². The summed E-state index contributed by atoms with van der Waals surface area (Å²) in [4.78, 5) is 14.0. The van der Waals surface area contributed by atoms with Gasteiger partial charge in [-0.15, -0.1) is 0 Å². The molecular weight excluding hydrogens is 270 g/mol. The van der Waals surface area contributed by atoms with Gasteiger partial charge in [-0.1, -0.05) is 26.0 Å². The summed E-state index contributed by atoms with van der Waals surface area (Å²) in [6.45, 7) is 7.72. The molecule has 110 valence electrons. The number of nitrogens with one attached hydrogen (secondary N) is 1. The molecule has 0 spiro atoms. The Labute approximate surface area is 125 Å². The predicted octanol–water partition coefficient (Wildman–Crippen LogP) is 2.01.